The smallest absolute Gasteiger partial charge is 0.228 e. The van der Waals surface area contributed by atoms with Crippen molar-refractivity contribution < 1.29 is 9.47 Å². The average molecular weight is 414 g/mol. The van der Waals surface area contributed by atoms with Gasteiger partial charge in [-0.2, -0.15) is 0 Å². The fraction of sp³-hybridized carbons (Fsp3) is 0.238. The van der Waals surface area contributed by atoms with Crippen molar-refractivity contribution in [3.63, 3.8) is 0 Å². The van der Waals surface area contributed by atoms with Crippen LogP contribution in [0.3, 0.4) is 0 Å². The average Bonchev–Trinajstić information content (AvgIpc) is 2.73. The minimum atomic E-state index is 0.447. The predicted octanol–water partition coefficient (Wildman–Crippen LogP) is 4.43. The third kappa shape index (κ3) is 8.71. The number of benzene rings is 2. The summed E-state index contributed by atoms with van der Waals surface area (Å²) in [5, 5.41) is 6.29. The van der Waals surface area contributed by atoms with Gasteiger partial charge in [-0.3, -0.25) is 0 Å². The fourth-order valence-corrected chi connectivity index (χ4v) is 2.26. The van der Waals surface area contributed by atoms with E-state index in [-0.39, 0.29) is 0 Å². The molecule has 0 aromatic heterocycles. The van der Waals surface area contributed by atoms with Gasteiger partial charge in [-0.15, -0.1) is 11.8 Å². The van der Waals surface area contributed by atoms with Crippen molar-refractivity contribution in [3.05, 3.63) is 59.6 Å². The number of hydrogen-bond acceptors (Lipinski definition) is 5. The molecule has 2 aromatic rings. The van der Waals surface area contributed by atoms with E-state index in [2.05, 4.69) is 20.6 Å². The van der Waals surface area contributed by atoms with Crippen molar-refractivity contribution >= 4 is 41.1 Å². The van der Waals surface area contributed by atoms with Gasteiger partial charge in [0.05, 0.1) is 12.9 Å². The number of allylic oxidation sites excluding steroid dienone is 1. The number of nitrogens with zero attached hydrogens (tertiary/aromatic N) is 2. The first kappa shape index (κ1) is 22.3. The SMILES string of the molecule is COCCOc1ccc(NC(=N/C=C(\C)SC)/N=C/Nc2cccc(N)c2)cc1. The first-order valence-electron chi connectivity index (χ1n) is 9.02. The topological polar surface area (TPSA) is 93.3 Å². The molecule has 7 nitrogen and oxygen atoms in total. The number of anilines is 3. The van der Waals surface area contributed by atoms with Gasteiger partial charge in [0.2, 0.25) is 5.96 Å². The third-order valence-electron chi connectivity index (χ3n) is 3.66. The van der Waals surface area contributed by atoms with Crippen molar-refractivity contribution in [2.75, 3.05) is 42.9 Å². The van der Waals surface area contributed by atoms with E-state index in [0.717, 1.165) is 22.0 Å². The van der Waals surface area contributed by atoms with Gasteiger partial charge in [0, 0.05) is 30.4 Å². The number of hydrogen-bond donors (Lipinski definition) is 3. The largest absolute Gasteiger partial charge is 0.491 e. The van der Waals surface area contributed by atoms with E-state index >= 15 is 0 Å². The van der Waals surface area contributed by atoms with Gasteiger partial charge >= 0.3 is 0 Å². The van der Waals surface area contributed by atoms with E-state index < -0.39 is 0 Å². The Morgan fingerprint density at radius 3 is 2.62 bits per heavy atom. The van der Waals surface area contributed by atoms with Crippen molar-refractivity contribution in [3.8, 4) is 5.75 Å². The van der Waals surface area contributed by atoms with E-state index in [1.54, 1.807) is 31.4 Å². The van der Waals surface area contributed by atoms with Crippen LogP contribution < -0.4 is 21.1 Å². The lowest BCUT2D eigenvalue weighted by molar-refractivity contribution is 0.146. The van der Waals surface area contributed by atoms with Gasteiger partial charge in [-0.1, -0.05) is 6.07 Å². The zero-order valence-corrected chi connectivity index (χ0v) is 17.7. The van der Waals surface area contributed by atoms with Crippen LogP contribution in [0.2, 0.25) is 0 Å². The van der Waals surface area contributed by atoms with Gasteiger partial charge in [0.25, 0.3) is 0 Å². The molecule has 0 radical (unpaired) electrons. The van der Waals surface area contributed by atoms with Crippen LogP contribution >= 0.6 is 11.8 Å². The van der Waals surface area contributed by atoms with Gasteiger partial charge in [-0.25, -0.2) is 9.98 Å². The molecule has 0 aliphatic heterocycles. The van der Waals surface area contributed by atoms with Crippen molar-refractivity contribution in [1.29, 1.82) is 0 Å². The predicted molar refractivity (Wildman–Crippen MR) is 125 cm³/mol. The summed E-state index contributed by atoms with van der Waals surface area (Å²) in [6.45, 7) is 3.05. The zero-order valence-electron chi connectivity index (χ0n) is 16.9. The Kier molecular flexibility index (Phi) is 9.61. The lowest BCUT2D eigenvalue weighted by Crippen LogP contribution is -2.11. The molecule has 0 saturated heterocycles. The monoisotopic (exact) mass is 413 g/mol. The molecule has 8 heteroatoms. The van der Waals surface area contributed by atoms with Crippen molar-refractivity contribution in [2.45, 2.75) is 6.92 Å². The first-order chi connectivity index (χ1) is 14.1. The van der Waals surface area contributed by atoms with Gasteiger partial charge in [0.15, 0.2) is 0 Å². The maximum atomic E-state index is 5.79. The summed E-state index contributed by atoms with van der Waals surface area (Å²) in [5.74, 6) is 1.22. The molecule has 2 rings (SSSR count). The van der Waals surface area contributed by atoms with Gasteiger partial charge in [0.1, 0.15) is 12.4 Å². The highest BCUT2D eigenvalue weighted by Gasteiger charge is 2.00. The number of ether oxygens (including phenoxy) is 2. The number of thioether (sulfide) groups is 1. The van der Waals surface area contributed by atoms with E-state index in [1.165, 1.54) is 0 Å². The second-order valence-corrected chi connectivity index (χ2v) is 6.97. The van der Waals surface area contributed by atoms with Crippen LogP contribution in [0.1, 0.15) is 6.92 Å². The quantitative estimate of drug-likeness (QED) is 0.244. The summed E-state index contributed by atoms with van der Waals surface area (Å²) < 4.78 is 10.6. The molecule has 0 fully saturated rings. The number of guanidine groups is 1. The molecule has 29 heavy (non-hydrogen) atoms. The maximum absolute atomic E-state index is 5.79. The highest BCUT2D eigenvalue weighted by Crippen LogP contribution is 2.16. The molecule has 0 atom stereocenters. The van der Waals surface area contributed by atoms with E-state index in [9.17, 15) is 0 Å². The minimum absolute atomic E-state index is 0.447. The fourth-order valence-electron chi connectivity index (χ4n) is 2.11. The lowest BCUT2D eigenvalue weighted by Gasteiger charge is -2.08. The van der Waals surface area contributed by atoms with E-state index in [0.29, 0.717) is 24.9 Å². The van der Waals surface area contributed by atoms with E-state index in [4.69, 9.17) is 15.2 Å². The summed E-state index contributed by atoms with van der Waals surface area (Å²) in [6, 6.07) is 15.0. The Balaban J connectivity index is 2.06. The van der Waals surface area contributed by atoms with Gasteiger partial charge < -0.3 is 25.8 Å². The Morgan fingerprint density at radius 2 is 1.93 bits per heavy atom. The Morgan fingerprint density at radius 1 is 1.14 bits per heavy atom. The molecule has 0 amide bonds. The number of aliphatic imine (C=N–C) groups is 2. The van der Waals surface area contributed by atoms with Crippen molar-refractivity contribution in [2.24, 2.45) is 9.98 Å². The normalized spacial score (nSPS) is 12.2. The summed E-state index contributed by atoms with van der Waals surface area (Å²) in [4.78, 5) is 9.90. The summed E-state index contributed by atoms with van der Waals surface area (Å²) in [6.07, 6.45) is 5.35. The highest BCUT2D eigenvalue weighted by atomic mass is 32.2. The van der Waals surface area contributed by atoms with Crippen LogP contribution in [0, 0.1) is 0 Å². The van der Waals surface area contributed by atoms with Crippen LogP contribution in [-0.2, 0) is 4.74 Å². The summed E-state index contributed by atoms with van der Waals surface area (Å²) in [5.41, 5.74) is 8.17. The molecule has 0 heterocycles. The molecular formula is C21H27N5O2S. The molecule has 0 aliphatic rings. The first-order valence-corrected chi connectivity index (χ1v) is 10.2. The Labute approximate surface area is 176 Å². The molecule has 0 saturated carbocycles. The number of nitrogens with two attached hydrogens (primary N) is 1. The molecule has 0 unspecified atom stereocenters. The third-order valence-corrected chi connectivity index (χ3v) is 4.41. The van der Waals surface area contributed by atoms with Crippen LogP contribution in [0.25, 0.3) is 0 Å². The van der Waals surface area contributed by atoms with Crippen LogP contribution in [0.5, 0.6) is 5.75 Å². The zero-order chi connectivity index (χ0) is 20.9. The number of nitrogen functional groups attached to an aromatic ring is 1. The van der Waals surface area contributed by atoms with Gasteiger partial charge in [-0.05, 0) is 60.5 Å². The molecule has 4 N–H and O–H groups in total. The summed E-state index contributed by atoms with van der Waals surface area (Å²) >= 11 is 1.62. The number of nitrogens with one attached hydrogen (secondary N) is 2. The minimum Gasteiger partial charge on any atom is -0.491 e. The Hall–Kier alpha value is -2.97. The molecule has 2 aromatic carbocycles. The lowest BCUT2D eigenvalue weighted by atomic mass is 10.3. The molecule has 0 bridgehead atoms. The second-order valence-electron chi connectivity index (χ2n) is 5.92. The van der Waals surface area contributed by atoms with Crippen LogP contribution in [0.4, 0.5) is 17.1 Å². The molecule has 154 valence electrons. The van der Waals surface area contributed by atoms with Crippen LogP contribution in [0.15, 0.2) is 69.6 Å². The van der Waals surface area contributed by atoms with E-state index in [1.807, 2.05) is 61.7 Å². The molecule has 0 spiro atoms. The van der Waals surface area contributed by atoms with Crippen LogP contribution in [-0.4, -0.2) is 38.9 Å². The standard InChI is InChI=1S/C21H27N5O2S/c1-16(29-3)14-23-21(25-15-24-19-6-4-5-17(22)13-19)26-18-7-9-20(10-8-18)28-12-11-27-2/h4-10,13-15H,11-12,22H2,1-3H3,(H2,23,24,25,26)/b16-14+. The molecule has 0 aliphatic carbocycles. The Bertz CT molecular complexity index is 850. The number of rotatable bonds is 9. The second kappa shape index (κ2) is 12.5. The maximum Gasteiger partial charge on any atom is 0.228 e. The van der Waals surface area contributed by atoms with Crippen molar-refractivity contribution in [1.82, 2.24) is 0 Å². The summed E-state index contributed by atoms with van der Waals surface area (Å²) in [7, 11) is 1.65. The number of methoxy groups -OCH3 is 1. The molecular weight excluding hydrogens is 386 g/mol. The highest BCUT2D eigenvalue weighted by molar-refractivity contribution is 8.02.